The van der Waals surface area contributed by atoms with Crippen molar-refractivity contribution < 1.29 is 0 Å². The topological polar surface area (TPSA) is 23.8 Å². The molecule has 0 heterocycles. The Balaban J connectivity index is 3.34. The average molecular weight is 207 g/mol. The van der Waals surface area contributed by atoms with Crippen molar-refractivity contribution in [2.75, 3.05) is 0 Å². The van der Waals surface area contributed by atoms with Crippen LogP contribution in [-0.4, -0.2) is 0 Å². The average Bonchev–Trinajstić information content (AvgIpc) is 2.22. The Morgan fingerprint density at radius 2 is 1.80 bits per heavy atom. The fourth-order valence-corrected chi connectivity index (χ4v) is 1.53. The van der Waals surface area contributed by atoms with Crippen molar-refractivity contribution in [3.05, 3.63) is 12.2 Å². The normalized spacial score (nSPS) is 11.1. The first-order valence-electron chi connectivity index (χ1n) is 6.09. The van der Waals surface area contributed by atoms with Gasteiger partial charge in [-0.1, -0.05) is 38.3 Å². The van der Waals surface area contributed by atoms with E-state index >= 15 is 0 Å². The van der Waals surface area contributed by atoms with Crippen LogP contribution in [0.5, 0.6) is 0 Å². The molecule has 0 unspecified atom stereocenters. The van der Waals surface area contributed by atoms with Gasteiger partial charge in [0, 0.05) is 0 Å². The molecule has 0 bridgehead atoms. The maximum Gasteiger partial charge on any atom is 0.0683 e. The molecule has 0 amide bonds. The minimum atomic E-state index is -0.132. The highest BCUT2D eigenvalue weighted by molar-refractivity contribution is 4.92. The van der Waals surface area contributed by atoms with Gasteiger partial charge in [-0.15, -0.1) is 0 Å². The molecule has 0 aliphatic carbocycles. The molecule has 1 nitrogen and oxygen atoms in total. The summed E-state index contributed by atoms with van der Waals surface area (Å²) in [7, 11) is 0. The second kappa shape index (κ2) is 7.51. The molecule has 15 heavy (non-hydrogen) atoms. The van der Waals surface area contributed by atoms with Crippen LogP contribution >= 0.6 is 0 Å². The van der Waals surface area contributed by atoms with Crippen molar-refractivity contribution in [2.24, 2.45) is 5.41 Å². The Labute approximate surface area is 95.2 Å². The molecule has 0 radical (unpaired) electrons. The highest BCUT2D eigenvalue weighted by atomic mass is 14.3. The molecule has 0 N–H and O–H groups in total. The summed E-state index contributed by atoms with van der Waals surface area (Å²) in [5, 5.41) is 8.84. The third-order valence-electron chi connectivity index (χ3n) is 2.88. The molecule has 1 heteroatoms. The van der Waals surface area contributed by atoms with E-state index in [-0.39, 0.29) is 5.41 Å². The molecule has 0 aromatic rings. The van der Waals surface area contributed by atoms with Gasteiger partial charge < -0.3 is 0 Å². The van der Waals surface area contributed by atoms with Crippen LogP contribution < -0.4 is 0 Å². The summed E-state index contributed by atoms with van der Waals surface area (Å²) in [6.45, 7) is 10.2. The van der Waals surface area contributed by atoms with Gasteiger partial charge in [-0.05, 0) is 39.5 Å². The smallest absolute Gasteiger partial charge is 0.0683 e. The van der Waals surface area contributed by atoms with Gasteiger partial charge in [0.15, 0.2) is 0 Å². The summed E-state index contributed by atoms with van der Waals surface area (Å²) in [5.41, 5.74) is 1.24. The zero-order valence-corrected chi connectivity index (χ0v) is 10.6. The third kappa shape index (κ3) is 8.24. The standard InChI is InChI=1S/C14H25N/c1-5-13(2)10-8-6-7-9-11-14(3,4)12-15/h2,5-11H2,1,3-4H3. The molecule has 0 saturated heterocycles. The first-order chi connectivity index (χ1) is 7.02. The number of hydrogen-bond acceptors (Lipinski definition) is 1. The van der Waals surface area contributed by atoms with Gasteiger partial charge in [0.05, 0.1) is 11.5 Å². The number of nitrogens with zero attached hydrogens (tertiary/aromatic N) is 1. The Hall–Kier alpha value is -0.770. The van der Waals surface area contributed by atoms with Gasteiger partial charge in [-0.2, -0.15) is 5.26 Å². The van der Waals surface area contributed by atoms with E-state index in [1.807, 2.05) is 13.8 Å². The minimum absolute atomic E-state index is 0.132. The molecule has 0 spiro atoms. The zero-order chi connectivity index (χ0) is 11.7. The van der Waals surface area contributed by atoms with Crippen LogP contribution in [0.4, 0.5) is 0 Å². The van der Waals surface area contributed by atoms with Gasteiger partial charge in [0.1, 0.15) is 0 Å². The van der Waals surface area contributed by atoms with E-state index in [1.54, 1.807) is 0 Å². The number of nitriles is 1. The first kappa shape index (κ1) is 14.2. The first-order valence-corrected chi connectivity index (χ1v) is 6.09. The predicted molar refractivity (Wildman–Crippen MR) is 66.5 cm³/mol. The van der Waals surface area contributed by atoms with E-state index in [0.717, 1.165) is 12.8 Å². The SMILES string of the molecule is C=C(CC)CCCCCCC(C)(C)C#N. The summed E-state index contributed by atoms with van der Waals surface area (Å²) in [4.78, 5) is 0. The van der Waals surface area contributed by atoms with Crippen LogP contribution in [0.15, 0.2) is 12.2 Å². The second-order valence-corrected chi connectivity index (χ2v) is 5.01. The Bertz CT molecular complexity index is 220. The summed E-state index contributed by atoms with van der Waals surface area (Å²) in [5.74, 6) is 0. The van der Waals surface area contributed by atoms with Crippen molar-refractivity contribution in [1.29, 1.82) is 5.26 Å². The zero-order valence-electron chi connectivity index (χ0n) is 10.6. The van der Waals surface area contributed by atoms with E-state index in [0.29, 0.717) is 0 Å². The van der Waals surface area contributed by atoms with Gasteiger partial charge in [0.25, 0.3) is 0 Å². The number of allylic oxidation sites excluding steroid dienone is 1. The van der Waals surface area contributed by atoms with Crippen molar-refractivity contribution in [3.63, 3.8) is 0 Å². The number of unbranched alkanes of at least 4 members (excludes halogenated alkanes) is 3. The van der Waals surface area contributed by atoms with Gasteiger partial charge in [-0.25, -0.2) is 0 Å². The number of hydrogen-bond donors (Lipinski definition) is 0. The summed E-state index contributed by atoms with van der Waals surface area (Å²) in [6, 6.07) is 2.35. The molecule has 0 aliphatic heterocycles. The lowest BCUT2D eigenvalue weighted by molar-refractivity contribution is 0.420. The van der Waals surface area contributed by atoms with Crippen LogP contribution in [0.2, 0.25) is 0 Å². The van der Waals surface area contributed by atoms with Gasteiger partial charge in [-0.3, -0.25) is 0 Å². The van der Waals surface area contributed by atoms with Crippen LogP contribution in [0.3, 0.4) is 0 Å². The molecule has 86 valence electrons. The highest BCUT2D eigenvalue weighted by Crippen LogP contribution is 2.22. The van der Waals surface area contributed by atoms with Crippen LogP contribution in [0.25, 0.3) is 0 Å². The van der Waals surface area contributed by atoms with Crippen molar-refractivity contribution in [2.45, 2.75) is 65.7 Å². The predicted octanol–water partition coefficient (Wildman–Crippen LogP) is 4.84. The molecule has 0 saturated carbocycles. The molecule has 0 aliphatic rings. The largest absolute Gasteiger partial charge is 0.198 e. The van der Waals surface area contributed by atoms with Crippen LogP contribution in [0.1, 0.15) is 65.7 Å². The molecule has 0 aromatic heterocycles. The molecule has 0 atom stereocenters. The van der Waals surface area contributed by atoms with Crippen LogP contribution in [0, 0.1) is 16.7 Å². The maximum atomic E-state index is 8.84. The van der Waals surface area contributed by atoms with Gasteiger partial charge in [0.2, 0.25) is 0 Å². The molecule has 0 rings (SSSR count). The monoisotopic (exact) mass is 207 g/mol. The van der Waals surface area contributed by atoms with E-state index in [9.17, 15) is 0 Å². The highest BCUT2D eigenvalue weighted by Gasteiger charge is 2.14. The van der Waals surface area contributed by atoms with E-state index in [1.165, 1.54) is 37.7 Å². The van der Waals surface area contributed by atoms with E-state index < -0.39 is 0 Å². The molecular formula is C14H25N. The molecular weight excluding hydrogens is 182 g/mol. The third-order valence-corrected chi connectivity index (χ3v) is 2.88. The fourth-order valence-electron chi connectivity index (χ4n) is 1.53. The summed E-state index contributed by atoms with van der Waals surface area (Å²) < 4.78 is 0. The lowest BCUT2D eigenvalue weighted by Crippen LogP contribution is -2.06. The number of rotatable bonds is 8. The van der Waals surface area contributed by atoms with E-state index in [4.69, 9.17) is 5.26 Å². The quantitative estimate of drug-likeness (QED) is 0.412. The molecule has 0 aromatic carbocycles. The lowest BCUT2D eigenvalue weighted by Gasteiger charge is -2.14. The Morgan fingerprint density at radius 3 is 2.33 bits per heavy atom. The van der Waals surface area contributed by atoms with Crippen LogP contribution in [-0.2, 0) is 0 Å². The van der Waals surface area contributed by atoms with Gasteiger partial charge >= 0.3 is 0 Å². The van der Waals surface area contributed by atoms with Crippen molar-refractivity contribution in [1.82, 2.24) is 0 Å². The second-order valence-electron chi connectivity index (χ2n) is 5.01. The van der Waals surface area contributed by atoms with Crippen molar-refractivity contribution in [3.8, 4) is 6.07 Å². The summed E-state index contributed by atoms with van der Waals surface area (Å²) in [6.07, 6.45) is 8.29. The van der Waals surface area contributed by atoms with E-state index in [2.05, 4.69) is 19.6 Å². The maximum absolute atomic E-state index is 8.84. The summed E-state index contributed by atoms with van der Waals surface area (Å²) >= 11 is 0. The minimum Gasteiger partial charge on any atom is -0.198 e. The Morgan fingerprint density at radius 1 is 1.20 bits per heavy atom. The lowest BCUT2D eigenvalue weighted by atomic mass is 9.88. The van der Waals surface area contributed by atoms with Crippen molar-refractivity contribution >= 4 is 0 Å². The molecule has 0 fully saturated rings. The fraction of sp³-hybridized carbons (Fsp3) is 0.786. The Kier molecular flexibility index (Phi) is 7.13.